The van der Waals surface area contributed by atoms with Crippen molar-refractivity contribution in [3.05, 3.63) is 0 Å². The van der Waals surface area contributed by atoms with Gasteiger partial charge in [-0.05, 0) is 7.05 Å². The quantitative estimate of drug-likeness (QED) is 0.354. The number of aliphatic hydroxyl groups excluding tert-OH is 2. The number of nitrogens with two attached hydrogens (primary N) is 1. The normalized spacial score (nSPS) is 3.00. The predicted molar refractivity (Wildman–Crippen MR) is 26.4 cm³/mol. The molecule has 3 heteroatoms. The average Bonchev–Trinajstić information content (AvgIpc) is 1.81. The Morgan fingerprint density at radius 3 is 0.833 bits per heavy atom. The molecule has 0 aliphatic carbocycles. The van der Waals surface area contributed by atoms with Gasteiger partial charge in [0.2, 0.25) is 0 Å². The highest BCUT2D eigenvalue weighted by atomic mass is 16.2. The molecule has 6 heavy (non-hydrogen) atoms. The van der Waals surface area contributed by atoms with Crippen molar-refractivity contribution in [1.29, 1.82) is 0 Å². The first-order valence-corrected chi connectivity index (χ1v) is 1.47. The molecule has 0 aromatic carbocycles. The highest BCUT2D eigenvalue weighted by molar-refractivity contribution is 3.54. The van der Waals surface area contributed by atoms with E-state index in [9.17, 15) is 0 Å². The molecule has 0 aliphatic rings. The van der Waals surface area contributed by atoms with Gasteiger partial charge < -0.3 is 15.9 Å². The molecule has 0 heterocycles. The van der Waals surface area contributed by atoms with Gasteiger partial charge in [0.1, 0.15) is 0 Å². The van der Waals surface area contributed by atoms with E-state index in [1.54, 1.807) is 0 Å². The topological polar surface area (TPSA) is 66.5 Å². The molecular weight excluding hydrogens is 82.0 g/mol. The Kier molecular flexibility index (Phi) is 14400. The molecule has 0 amide bonds. The van der Waals surface area contributed by atoms with E-state index < -0.39 is 0 Å². The minimum atomic E-state index is 1.00. The van der Waals surface area contributed by atoms with Gasteiger partial charge in [-0.3, -0.25) is 0 Å². The van der Waals surface area contributed by atoms with Gasteiger partial charge >= 0.3 is 0 Å². The van der Waals surface area contributed by atoms with Crippen LogP contribution in [0.15, 0.2) is 0 Å². The van der Waals surface area contributed by atoms with Gasteiger partial charge in [-0.2, -0.15) is 0 Å². The third-order valence-corrected chi connectivity index (χ3v) is 0. The summed E-state index contributed by atoms with van der Waals surface area (Å²) in [5, 5.41) is 14.0. The van der Waals surface area contributed by atoms with Crippen molar-refractivity contribution in [3.8, 4) is 0 Å². The summed E-state index contributed by atoms with van der Waals surface area (Å²) in [4.78, 5) is 0. The van der Waals surface area contributed by atoms with Crippen LogP contribution < -0.4 is 5.73 Å². The van der Waals surface area contributed by atoms with Gasteiger partial charge in [0.05, 0.1) is 0 Å². The van der Waals surface area contributed by atoms with Crippen molar-refractivity contribution >= 4 is 0 Å². The summed E-state index contributed by atoms with van der Waals surface area (Å²) >= 11 is 0. The minimum Gasteiger partial charge on any atom is -0.400 e. The summed E-state index contributed by atoms with van der Waals surface area (Å²) in [6.45, 7) is 0. The van der Waals surface area contributed by atoms with Crippen molar-refractivity contribution in [2.45, 2.75) is 0 Å². The summed E-state index contributed by atoms with van der Waals surface area (Å²) < 4.78 is 0. The zero-order valence-electron chi connectivity index (χ0n) is 4.47. The van der Waals surface area contributed by atoms with E-state index >= 15 is 0 Å². The lowest BCUT2D eigenvalue weighted by molar-refractivity contribution is 0.399. The Balaban J connectivity index is -0.0000000225. The number of hydrogen-bond acceptors (Lipinski definition) is 3. The molecule has 0 aromatic heterocycles. The fourth-order valence-electron chi connectivity index (χ4n) is 0. The lowest BCUT2D eigenvalue weighted by Crippen LogP contribution is -1.69. The fraction of sp³-hybridized carbons (Fsp3) is 1.00. The zero-order chi connectivity index (χ0) is 6.00. The monoisotopic (exact) mass is 95.1 g/mol. The van der Waals surface area contributed by atoms with E-state index in [1.165, 1.54) is 7.05 Å². The summed E-state index contributed by atoms with van der Waals surface area (Å²) in [5.74, 6) is 0. The van der Waals surface area contributed by atoms with Crippen LogP contribution in [0.1, 0.15) is 0 Å². The van der Waals surface area contributed by atoms with Crippen molar-refractivity contribution in [1.82, 2.24) is 0 Å². The van der Waals surface area contributed by atoms with Crippen LogP contribution in [0, 0.1) is 0 Å². The highest BCUT2D eigenvalue weighted by Gasteiger charge is 0.842. The Morgan fingerprint density at radius 2 is 0.833 bits per heavy atom. The predicted octanol–water partition coefficient (Wildman–Crippen LogP) is -1.21. The number of aliphatic hydroxyl groups is 2. The maximum atomic E-state index is 7.00. The van der Waals surface area contributed by atoms with E-state index in [0.717, 1.165) is 14.2 Å². The summed E-state index contributed by atoms with van der Waals surface area (Å²) in [6, 6.07) is 0. The number of rotatable bonds is 0. The molecule has 0 unspecified atom stereocenters. The summed E-state index contributed by atoms with van der Waals surface area (Å²) in [6.07, 6.45) is 0. The van der Waals surface area contributed by atoms with E-state index in [4.69, 9.17) is 10.2 Å². The molecule has 0 rings (SSSR count). The Bertz CT molecular complexity index is 8.75. The van der Waals surface area contributed by atoms with Gasteiger partial charge in [0.15, 0.2) is 0 Å². The maximum absolute atomic E-state index is 7.00. The van der Waals surface area contributed by atoms with Gasteiger partial charge in [0.25, 0.3) is 0 Å². The average molecular weight is 95.1 g/mol. The van der Waals surface area contributed by atoms with E-state index in [2.05, 4.69) is 5.73 Å². The minimum absolute atomic E-state index is 1.00. The SMILES string of the molecule is CN.CO.CO. The van der Waals surface area contributed by atoms with E-state index in [0.29, 0.717) is 0 Å². The van der Waals surface area contributed by atoms with Crippen LogP contribution in [0.25, 0.3) is 0 Å². The first-order chi connectivity index (χ1) is 3.00. The van der Waals surface area contributed by atoms with Crippen molar-refractivity contribution < 1.29 is 10.2 Å². The third kappa shape index (κ3) is 2230. The molecule has 3 nitrogen and oxygen atoms in total. The molecule has 0 bridgehead atoms. The van der Waals surface area contributed by atoms with E-state index in [1.807, 2.05) is 0 Å². The van der Waals surface area contributed by atoms with E-state index in [-0.39, 0.29) is 0 Å². The van der Waals surface area contributed by atoms with Crippen LogP contribution in [0.2, 0.25) is 0 Å². The van der Waals surface area contributed by atoms with Gasteiger partial charge in [-0.1, -0.05) is 0 Å². The third-order valence-electron chi connectivity index (χ3n) is 0. The molecule has 0 aliphatic heterocycles. The van der Waals surface area contributed by atoms with Crippen molar-refractivity contribution in [2.24, 2.45) is 5.73 Å². The smallest absolute Gasteiger partial charge is 0.0319 e. The van der Waals surface area contributed by atoms with Crippen LogP contribution in [0.5, 0.6) is 0 Å². The molecule has 0 saturated heterocycles. The molecule has 0 atom stereocenters. The van der Waals surface area contributed by atoms with Crippen LogP contribution >= 0.6 is 0 Å². The van der Waals surface area contributed by atoms with Crippen LogP contribution in [0.4, 0.5) is 0 Å². The van der Waals surface area contributed by atoms with Crippen molar-refractivity contribution in [2.75, 3.05) is 21.3 Å². The molecule has 4 N–H and O–H groups in total. The van der Waals surface area contributed by atoms with Gasteiger partial charge in [-0.25, -0.2) is 0 Å². The largest absolute Gasteiger partial charge is 0.400 e. The standard InChI is InChI=1S/CH5N.2CH4O/c3*1-2/h2H2,1H3;2*2H,1H3. The molecule has 0 radical (unpaired) electrons. The first kappa shape index (κ1) is 16.9. The fourth-order valence-corrected chi connectivity index (χ4v) is 0. The second kappa shape index (κ2) is 5100. The zero-order valence-corrected chi connectivity index (χ0v) is 4.47. The lowest BCUT2D eigenvalue weighted by atomic mass is 11.6. The highest BCUT2D eigenvalue weighted by Crippen LogP contribution is 0.757. The lowest BCUT2D eigenvalue weighted by Gasteiger charge is -1.21. The van der Waals surface area contributed by atoms with Crippen molar-refractivity contribution in [3.63, 3.8) is 0 Å². The van der Waals surface area contributed by atoms with Crippen LogP contribution in [-0.4, -0.2) is 31.5 Å². The molecule has 42 valence electrons. The maximum Gasteiger partial charge on any atom is 0.0319 e. The number of hydrogen-bond donors (Lipinski definition) is 3. The molecular formula is C3H13NO2. The van der Waals surface area contributed by atoms with Crippen LogP contribution in [-0.2, 0) is 0 Å². The molecule has 0 fully saturated rings. The molecule has 0 aromatic rings. The second-order valence-corrected chi connectivity index (χ2v) is 0. The Labute approximate surface area is 38.4 Å². The second-order valence-electron chi connectivity index (χ2n) is 0. The summed E-state index contributed by atoms with van der Waals surface area (Å²) in [7, 11) is 3.50. The summed E-state index contributed by atoms with van der Waals surface area (Å²) in [5.41, 5.74) is 4.50. The Hall–Kier alpha value is -0.120. The first-order valence-electron chi connectivity index (χ1n) is 1.47. The van der Waals surface area contributed by atoms with Crippen LogP contribution in [0.3, 0.4) is 0 Å². The van der Waals surface area contributed by atoms with Gasteiger partial charge in [-0.15, -0.1) is 0 Å². The molecule has 0 saturated carbocycles. The Morgan fingerprint density at radius 1 is 0.833 bits per heavy atom. The van der Waals surface area contributed by atoms with Gasteiger partial charge in [0, 0.05) is 14.2 Å². The molecule has 0 spiro atoms.